The number of pyridine rings is 1. The minimum Gasteiger partial charge on any atom is -0.507 e. The van der Waals surface area contributed by atoms with Crippen molar-refractivity contribution >= 4 is 16.8 Å². The van der Waals surface area contributed by atoms with Crippen LogP contribution in [0.1, 0.15) is 48.9 Å². The monoisotopic (exact) mass is 310 g/mol. The molecule has 0 radical (unpaired) electrons. The van der Waals surface area contributed by atoms with Gasteiger partial charge in [-0.05, 0) is 49.8 Å². The number of piperidine rings is 1. The van der Waals surface area contributed by atoms with Gasteiger partial charge in [-0.3, -0.25) is 9.78 Å². The molecule has 0 bridgehead atoms. The predicted molar refractivity (Wildman–Crippen MR) is 89.4 cm³/mol. The van der Waals surface area contributed by atoms with Crippen LogP contribution >= 0.6 is 0 Å². The highest BCUT2D eigenvalue weighted by Gasteiger charge is 2.36. The highest BCUT2D eigenvalue weighted by molar-refractivity contribution is 6.01. The van der Waals surface area contributed by atoms with E-state index in [-0.39, 0.29) is 11.7 Å². The number of aromatic hydroxyl groups is 1. The smallest absolute Gasteiger partial charge is 0.257 e. The number of hydrogen-bond acceptors (Lipinski definition) is 3. The van der Waals surface area contributed by atoms with Crippen LogP contribution in [-0.4, -0.2) is 33.5 Å². The average Bonchev–Trinajstić information content (AvgIpc) is 2.60. The third kappa shape index (κ3) is 2.56. The number of hydrogen-bond donors (Lipinski definition) is 1. The number of aromatic nitrogens is 1. The molecule has 1 N–H and O–H groups in total. The Labute approximate surface area is 136 Å². The molecule has 1 aliphatic carbocycles. The zero-order chi connectivity index (χ0) is 15.8. The van der Waals surface area contributed by atoms with E-state index in [1.807, 2.05) is 17.0 Å². The number of rotatable bonds is 1. The molecule has 1 saturated carbocycles. The van der Waals surface area contributed by atoms with E-state index in [1.54, 1.807) is 18.3 Å². The van der Waals surface area contributed by atoms with Crippen LogP contribution in [0.4, 0.5) is 0 Å². The lowest BCUT2D eigenvalue weighted by atomic mass is 9.78. The van der Waals surface area contributed by atoms with Crippen molar-refractivity contribution in [3.63, 3.8) is 0 Å². The summed E-state index contributed by atoms with van der Waals surface area (Å²) in [7, 11) is 0. The number of phenols is 1. The van der Waals surface area contributed by atoms with Crippen molar-refractivity contribution in [3.8, 4) is 5.75 Å². The molecule has 2 aliphatic rings. The van der Waals surface area contributed by atoms with Crippen LogP contribution in [0.5, 0.6) is 5.75 Å². The first-order chi connectivity index (χ1) is 11.2. The van der Waals surface area contributed by atoms with Crippen LogP contribution in [0.25, 0.3) is 10.9 Å². The molecule has 1 saturated heterocycles. The van der Waals surface area contributed by atoms with Gasteiger partial charge >= 0.3 is 0 Å². The zero-order valence-corrected chi connectivity index (χ0v) is 13.2. The van der Waals surface area contributed by atoms with E-state index in [2.05, 4.69) is 4.98 Å². The van der Waals surface area contributed by atoms with E-state index >= 15 is 0 Å². The Hall–Kier alpha value is -2.10. The highest BCUT2D eigenvalue weighted by Crippen LogP contribution is 2.37. The Morgan fingerprint density at radius 1 is 1.17 bits per heavy atom. The number of likely N-dealkylation sites (tertiary alicyclic amines) is 1. The first-order valence-corrected chi connectivity index (χ1v) is 8.63. The summed E-state index contributed by atoms with van der Waals surface area (Å²) in [5.74, 6) is 0.669. The van der Waals surface area contributed by atoms with Gasteiger partial charge in [-0.2, -0.15) is 0 Å². The minimum atomic E-state index is -0.0355. The van der Waals surface area contributed by atoms with Crippen molar-refractivity contribution in [2.75, 3.05) is 6.54 Å². The SMILES string of the molecule is O=C(c1cc2ncccc2cc1O)N1CCCC2CCCCC21. The fourth-order valence-electron chi connectivity index (χ4n) is 4.31. The minimum absolute atomic E-state index is 0.0355. The molecule has 120 valence electrons. The van der Waals surface area contributed by atoms with Crippen LogP contribution in [-0.2, 0) is 0 Å². The molecule has 4 nitrogen and oxygen atoms in total. The number of phenolic OH excluding ortho intramolecular Hbond substituents is 1. The van der Waals surface area contributed by atoms with E-state index < -0.39 is 0 Å². The number of carbonyl (C=O) groups is 1. The number of nitrogens with zero attached hydrogens (tertiary/aromatic N) is 2. The summed E-state index contributed by atoms with van der Waals surface area (Å²) < 4.78 is 0. The molecule has 1 aliphatic heterocycles. The summed E-state index contributed by atoms with van der Waals surface area (Å²) in [6.45, 7) is 0.805. The molecule has 2 aromatic rings. The molecule has 0 spiro atoms. The van der Waals surface area contributed by atoms with Gasteiger partial charge in [0, 0.05) is 24.2 Å². The predicted octanol–water partition coefficient (Wildman–Crippen LogP) is 3.74. The van der Waals surface area contributed by atoms with Crippen LogP contribution in [0.15, 0.2) is 30.5 Å². The van der Waals surface area contributed by atoms with Crippen LogP contribution in [0, 0.1) is 5.92 Å². The number of fused-ring (bicyclic) bond motifs is 2. The summed E-state index contributed by atoms with van der Waals surface area (Å²) in [4.78, 5) is 19.4. The van der Waals surface area contributed by atoms with Gasteiger partial charge in [0.05, 0.1) is 11.1 Å². The molecule has 23 heavy (non-hydrogen) atoms. The van der Waals surface area contributed by atoms with Gasteiger partial charge in [0.1, 0.15) is 5.75 Å². The summed E-state index contributed by atoms with van der Waals surface area (Å²) in [5.41, 5.74) is 1.15. The molecule has 2 fully saturated rings. The fraction of sp³-hybridized carbons (Fsp3) is 0.474. The molecule has 2 atom stereocenters. The Kier molecular flexibility index (Phi) is 3.68. The largest absolute Gasteiger partial charge is 0.507 e. The second kappa shape index (κ2) is 5.84. The second-order valence-corrected chi connectivity index (χ2v) is 6.82. The Morgan fingerprint density at radius 2 is 2.00 bits per heavy atom. The topological polar surface area (TPSA) is 53.4 Å². The molecular weight excluding hydrogens is 288 g/mol. The fourth-order valence-corrected chi connectivity index (χ4v) is 4.31. The van der Waals surface area contributed by atoms with Crippen LogP contribution in [0.3, 0.4) is 0 Å². The third-order valence-corrected chi connectivity index (χ3v) is 5.45. The summed E-state index contributed by atoms with van der Waals surface area (Å²) in [6.07, 6.45) is 8.85. The van der Waals surface area contributed by atoms with Crippen molar-refractivity contribution in [2.45, 2.75) is 44.6 Å². The van der Waals surface area contributed by atoms with E-state index in [1.165, 1.54) is 25.7 Å². The van der Waals surface area contributed by atoms with Gasteiger partial charge < -0.3 is 10.0 Å². The molecule has 1 aromatic carbocycles. The van der Waals surface area contributed by atoms with Crippen LogP contribution in [0.2, 0.25) is 0 Å². The average molecular weight is 310 g/mol. The number of amides is 1. The maximum absolute atomic E-state index is 13.1. The van der Waals surface area contributed by atoms with E-state index in [4.69, 9.17) is 0 Å². The molecule has 1 amide bonds. The first-order valence-electron chi connectivity index (χ1n) is 8.63. The van der Waals surface area contributed by atoms with Crippen molar-refractivity contribution in [1.29, 1.82) is 0 Å². The summed E-state index contributed by atoms with van der Waals surface area (Å²) in [5, 5.41) is 11.2. The summed E-state index contributed by atoms with van der Waals surface area (Å²) in [6, 6.07) is 7.47. The van der Waals surface area contributed by atoms with E-state index in [0.717, 1.165) is 30.3 Å². The lowest BCUT2D eigenvalue weighted by Crippen LogP contribution is -2.49. The molecule has 2 unspecified atom stereocenters. The number of benzene rings is 1. The van der Waals surface area contributed by atoms with Gasteiger partial charge in [-0.25, -0.2) is 0 Å². The van der Waals surface area contributed by atoms with Crippen molar-refractivity contribution in [3.05, 3.63) is 36.0 Å². The van der Waals surface area contributed by atoms with Crippen molar-refractivity contribution in [1.82, 2.24) is 9.88 Å². The van der Waals surface area contributed by atoms with Gasteiger partial charge in [-0.1, -0.05) is 18.9 Å². The van der Waals surface area contributed by atoms with Crippen LogP contribution < -0.4 is 0 Å². The normalized spacial score (nSPS) is 24.4. The second-order valence-electron chi connectivity index (χ2n) is 6.82. The lowest BCUT2D eigenvalue weighted by Gasteiger charge is -2.44. The van der Waals surface area contributed by atoms with Crippen molar-refractivity contribution < 1.29 is 9.90 Å². The maximum atomic E-state index is 13.1. The first kappa shape index (κ1) is 14.5. The van der Waals surface area contributed by atoms with Gasteiger partial charge in [0.25, 0.3) is 5.91 Å². The molecule has 4 rings (SSSR count). The number of carbonyl (C=O) groups excluding carboxylic acids is 1. The lowest BCUT2D eigenvalue weighted by molar-refractivity contribution is 0.0388. The van der Waals surface area contributed by atoms with Gasteiger partial charge in [0.15, 0.2) is 0 Å². The van der Waals surface area contributed by atoms with Crippen molar-refractivity contribution in [2.24, 2.45) is 5.92 Å². The van der Waals surface area contributed by atoms with Gasteiger partial charge in [-0.15, -0.1) is 0 Å². The molecule has 1 aromatic heterocycles. The standard InChI is InChI=1S/C19H22N2O2/c22-18-11-14-6-3-9-20-16(14)12-15(18)19(23)21-10-4-7-13-5-1-2-8-17(13)21/h3,6,9,11-13,17,22H,1-2,4-5,7-8,10H2. The summed E-state index contributed by atoms with van der Waals surface area (Å²) >= 11 is 0. The molecule has 4 heteroatoms. The maximum Gasteiger partial charge on any atom is 0.257 e. The molecular formula is C19H22N2O2. The Morgan fingerprint density at radius 3 is 2.91 bits per heavy atom. The van der Waals surface area contributed by atoms with Gasteiger partial charge in [0.2, 0.25) is 0 Å². The van der Waals surface area contributed by atoms with E-state index in [9.17, 15) is 9.90 Å². The third-order valence-electron chi connectivity index (χ3n) is 5.45. The highest BCUT2D eigenvalue weighted by atomic mass is 16.3. The quantitative estimate of drug-likeness (QED) is 0.873. The molecule has 2 heterocycles. The zero-order valence-electron chi connectivity index (χ0n) is 13.2. The Balaban J connectivity index is 1.69. The Bertz CT molecular complexity index is 741. The van der Waals surface area contributed by atoms with E-state index in [0.29, 0.717) is 17.5 Å².